The largest absolute Gasteiger partial charge is 0.228 e. The van der Waals surface area contributed by atoms with Crippen molar-refractivity contribution in [1.82, 2.24) is 9.97 Å². The van der Waals surface area contributed by atoms with Crippen LogP contribution in [-0.4, -0.2) is 9.97 Å². The molecular formula is C50H52N2. The summed E-state index contributed by atoms with van der Waals surface area (Å²) >= 11 is 0. The van der Waals surface area contributed by atoms with Gasteiger partial charge in [-0.2, -0.15) is 0 Å². The quantitative estimate of drug-likeness (QED) is 0.131. The van der Waals surface area contributed by atoms with Crippen molar-refractivity contribution < 1.29 is 0 Å². The average Bonchev–Trinajstić information content (AvgIpc) is 3.51. The van der Waals surface area contributed by atoms with Crippen molar-refractivity contribution >= 4 is 16.7 Å². The highest BCUT2D eigenvalue weighted by atomic mass is 14.9. The Kier molecular flexibility index (Phi) is 12.4. The van der Waals surface area contributed by atoms with Crippen molar-refractivity contribution in [3.8, 4) is 22.5 Å². The molecule has 0 bridgehead atoms. The van der Waals surface area contributed by atoms with E-state index in [9.17, 15) is 0 Å². The first-order chi connectivity index (χ1) is 25.6. The highest BCUT2D eigenvalue weighted by Crippen LogP contribution is 2.48. The molecule has 2 aliphatic carbocycles. The van der Waals surface area contributed by atoms with Crippen LogP contribution in [0.25, 0.3) is 39.2 Å². The van der Waals surface area contributed by atoms with Crippen LogP contribution in [0.1, 0.15) is 101 Å². The Balaban J connectivity index is 1.41. The van der Waals surface area contributed by atoms with Crippen LogP contribution in [-0.2, 0) is 5.41 Å². The molecule has 2 nitrogen and oxygen atoms in total. The predicted octanol–water partition coefficient (Wildman–Crippen LogP) is 13.9. The van der Waals surface area contributed by atoms with E-state index in [0.717, 1.165) is 60.5 Å². The van der Waals surface area contributed by atoms with E-state index in [-0.39, 0.29) is 0 Å². The Morgan fingerprint density at radius 2 is 1.58 bits per heavy atom. The fraction of sp³-hybridized carbons (Fsp3) is 0.240. The zero-order chi connectivity index (χ0) is 36.2. The molecule has 0 spiro atoms. The number of allylic oxidation sites excluding steroid dienone is 16. The minimum atomic E-state index is -0.394. The molecule has 0 fully saturated rings. The number of rotatable bonds is 13. The maximum atomic E-state index is 5.14. The first-order valence-electron chi connectivity index (χ1n) is 19.2. The Hall–Kier alpha value is -5.34. The monoisotopic (exact) mass is 680 g/mol. The van der Waals surface area contributed by atoms with Crippen LogP contribution in [0.4, 0.5) is 0 Å². The van der Waals surface area contributed by atoms with Gasteiger partial charge in [-0.05, 0) is 109 Å². The van der Waals surface area contributed by atoms with Crippen molar-refractivity contribution in [3.63, 3.8) is 0 Å². The molecule has 0 N–H and O–H groups in total. The number of hydrogen-bond acceptors (Lipinski definition) is 2. The summed E-state index contributed by atoms with van der Waals surface area (Å²) in [5.41, 5.74) is 12.6. The Morgan fingerprint density at radius 3 is 2.33 bits per heavy atom. The maximum Gasteiger partial charge on any atom is 0.160 e. The second-order valence-electron chi connectivity index (χ2n) is 13.8. The molecule has 4 aromatic rings. The summed E-state index contributed by atoms with van der Waals surface area (Å²) in [6.45, 7) is 8.57. The zero-order valence-electron chi connectivity index (χ0n) is 31.4. The molecule has 1 atom stereocenters. The van der Waals surface area contributed by atoms with Gasteiger partial charge >= 0.3 is 0 Å². The van der Waals surface area contributed by atoms with Gasteiger partial charge in [-0.25, -0.2) is 9.97 Å². The minimum Gasteiger partial charge on any atom is -0.228 e. The topological polar surface area (TPSA) is 25.8 Å². The van der Waals surface area contributed by atoms with E-state index < -0.39 is 5.41 Å². The number of nitrogens with zero attached hydrogens (tertiary/aromatic N) is 2. The van der Waals surface area contributed by atoms with Gasteiger partial charge in [0.05, 0.1) is 16.8 Å². The minimum absolute atomic E-state index is 0.394. The third-order valence-corrected chi connectivity index (χ3v) is 9.99. The molecular weight excluding hydrogens is 629 g/mol. The van der Waals surface area contributed by atoms with Crippen LogP contribution in [0.5, 0.6) is 0 Å². The number of aromatic nitrogens is 2. The summed E-state index contributed by atoms with van der Waals surface area (Å²) in [5, 5.41) is 0. The predicted molar refractivity (Wildman–Crippen MR) is 225 cm³/mol. The van der Waals surface area contributed by atoms with Gasteiger partial charge in [-0.3, -0.25) is 0 Å². The van der Waals surface area contributed by atoms with Gasteiger partial charge in [0.25, 0.3) is 0 Å². The summed E-state index contributed by atoms with van der Waals surface area (Å²) in [7, 11) is 0. The fourth-order valence-electron chi connectivity index (χ4n) is 7.13. The summed E-state index contributed by atoms with van der Waals surface area (Å²) in [5.74, 6) is 0.776. The summed E-state index contributed by atoms with van der Waals surface area (Å²) < 4.78 is 0. The summed E-state index contributed by atoms with van der Waals surface area (Å²) in [6, 6.07) is 28.9. The molecule has 3 aromatic carbocycles. The molecule has 262 valence electrons. The Bertz CT molecular complexity index is 2080. The maximum absolute atomic E-state index is 5.14. The van der Waals surface area contributed by atoms with E-state index in [0.29, 0.717) is 0 Å². The normalized spacial score (nSPS) is 18.0. The SMILES string of the molecule is C\C=C/C=C\C=C\C1(c2ccccc2)C=C(/C=C\CCC)c2ccc(-c3ccc(-c4nc(C5=CCCCC5)cc(/C(C)=C/C=C\CC)n4)cc3)cc21. The second-order valence-corrected chi connectivity index (χ2v) is 13.8. The van der Waals surface area contributed by atoms with E-state index in [4.69, 9.17) is 9.97 Å². The summed E-state index contributed by atoms with van der Waals surface area (Å²) in [4.78, 5) is 10.2. The molecule has 0 saturated heterocycles. The van der Waals surface area contributed by atoms with Crippen LogP contribution in [0.2, 0.25) is 0 Å². The first-order valence-corrected chi connectivity index (χ1v) is 19.2. The molecule has 0 aliphatic heterocycles. The van der Waals surface area contributed by atoms with Crippen LogP contribution >= 0.6 is 0 Å². The van der Waals surface area contributed by atoms with Gasteiger partial charge in [0.2, 0.25) is 0 Å². The molecule has 0 saturated carbocycles. The highest BCUT2D eigenvalue weighted by molar-refractivity contribution is 5.87. The third-order valence-electron chi connectivity index (χ3n) is 9.99. The lowest BCUT2D eigenvalue weighted by atomic mass is 9.75. The number of unbranched alkanes of at least 4 members (excludes halogenated alkanes) is 1. The number of benzene rings is 3. The molecule has 2 heteroatoms. The lowest BCUT2D eigenvalue weighted by Gasteiger charge is -2.27. The van der Waals surface area contributed by atoms with Gasteiger partial charge in [-0.15, -0.1) is 0 Å². The van der Waals surface area contributed by atoms with E-state index in [2.05, 4.69) is 179 Å². The molecule has 1 unspecified atom stereocenters. The molecule has 0 radical (unpaired) electrons. The van der Waals surface area contributed by atoms with Crippen LogP contribution in [0.15, 0.2) is 158 Å². The van der Waals surface area contributed by atoms with Crippen molar-refractivity contribution in [3.05, 3.63) is 186 Å². The Labute approximate surface area is 312 Å². The average molecular weight is 681 g/mol. The second kappa shape index (κ2) is 17.7. The molecule has 0 amide bonds. The van der Waals surface area contributed by atoms with Crippen LogP contribution in [0.3, 0.4) is 0 Å². The van der Waals surface area contributed by atoms with Crippen molar-refractivity contribution in [2.75, 3.05) is 0 Å². The van der Waals surface area contributed by atoms with Crippen LogP contribution < -0.4 is 0 Å². The van der Waals surface area contributed by atoms with Gasteiger partial charge < -0.3 is 0 Å². The molecule has 1 aromatic heterocycles. The Morgan fingerprint density at radius 1 is 0.788 bits per heavy atom. The van der Waals surface area contributed by atoms with Crippen LogP contribution in [0, 0.1) is 0 Å². The van der Waals surface area contributed by atoms with E-state index in [1.807, 2.05) is 6.92 Å². The van der Waals surface area contributed by atoms with E-state index >= 15 is 0 Å². The third kappa shape index (κ3) is 8.40. The van der Waals surface area contributed by atoms with Crippen molar-refractivity contribution in [2.45, 2.75) is 78.1 Å². The number of fused-ring (bicyclic) bond motifs is 1. The van der Waals surface area contributed by atoms with Gasteiger partial charge in [0, 0.05) is 5.56 Å². The highest BCUT2D eigenvalue weighted by Gasteiger charge is 2.37. The summed E-state index contributed by atoms with van der Waals surface area (Å²) in [6.07, 6.45) is 36.6. The van der Waals surface area contributed by atoms with Gasteiger partial charge in [0.15, 0.2) is 5.82 Å². The smallest absolute Gasteiger partial charge is 0.160 e. The van der Waals surface area contributed by atoms with E-state index in [1.165, 1.54) is 51.8 Å². The molecule has 52 heavy (non-hydrogen) atoms. The first kappa shape index (κ1) is 36.5. The lowest BCUT2D eigenvalue weighted by Crippen LogP contribution is -2.20. The van der Waals surface area contributed by atoms with Crippen molar-refractivity contribution in [2.24, 2.45) is 0 Å². The van der Waals surface area contributed by atoms with Crippen molar-refractivity contribution in [1.29, 1.82) is 0 Å². The standard InChI is InChI=1S/C50H52N2/c1-5-8-11-12-21-34-50(44-26-19-14-20-27-44)37-43(25-16-10-7-3)45-33-32-42(35-46(45)50)39-28-30-41(31-29-39)49-51-47(38(4)22-15-9-6-2)36-48(52-49)40-23-17-13-18-24-40/h5,8-9,11-12,14-16,19-23,25-37H,6-7,10,13,17-18,24H2,1-4H3/b8-5-,12-11-,15-9-,25-16-,34-21+,38-22+. The zero-order valence-corrected chi connectivity index (χ0v) is 31.4. The van der Waals surface area contributed by atoms with E-state index in [1.54, 1.807) is 0 Å². The fourth-order valence-corrected chi connectivity index (χ4v) is 7.13. The van der Waals surface area contributed by atoms with Gasteiger partial charge in [-0.1, -0.05) is 166 Å². The molecule has 2 aliphatic rings. The lowest BCUT2D eigenvalue weighted by molar-refractivity contribution is 0.739. The molecule has 6 rings (SSSR count). The van der Waals surface area contributed by atoms with Gasteiger partial charge in [0.1, 0.15) is 0 Å². The molecule has 1 heterocycles. The number of hydrogen-bond donors (Lipinski definition) is 0.